The van der Waals surface area contributed by atoms with Crippen molar-refractivity contribution in [2.24, 2.45) is 0 Å². The van der Waals surface area contributed by atoms with Gasteiger partial charge in [0, 0.05) is 50.5 Å². The summed E-state index contributed by atoms with van der Waals surface area (Å²) >= 11 is 0. The summed E-state index contributed by atoms with van der Waals surface area (Å²) in [6.07, 6.45) is 7.07. The number of nitrogens with zero attached hydrogens (tertiary/aromatic N) is 7. The molecule has 5 heterocycles. The summed E-state index contributed by atoms with van der Waals surface area (Å²) in [6.45, 7) is 5.32. The first-order valence-electron chi connectivity index (χ1n) is 11.7. The lowest BCUT2D eigenvalue weighted by atomic mass is 10.2. The van der Waals surface area contributed by atoms with Crippen LogP contribution in [0, 0.1) is 0 Å². The van der Waals surface area contributed by atoms with Gasteiger partial charge in [0.25, 0.3) is 0 Å². The van der Waals surface area contributed by atoms with Crippen LogP contribution in [0.25, 0.3) is 22.3 Å². The third-order valence-corrected chi connectivity index (χ3v) is 5.73. The van der Waals surface area contributed by atoms with Crippen LogP contribution in [0.4, 0.5) is 17.5 Å². The summed E-state index contributed by atoms with van der Waals surface area (Å²) in [5, 5.41) is 7.51. The van der Waals surface area contributed by atoms with Gasteiger partial charge in [0.2, 0.25) is 5.95 Å². The molecule has 1 aliphatic heterocycles. The topological polar surface area (TPSA) is 104 Å². The number of hydrogen-bond acceptors (Lipinski definition) is 10. The molecule has 0 radical (unpaired) electrons. The zero-order chi connectivity index (χ0) is 24.0. The fourth-order valence-corrected chi connectivity index (χ4v) is 3.83. The van der Waals surface area contributed by atoms with Gasteiger partial charge in [-0.15, -0.1) is 0 Å². The molecule has 0 atom stereocenters. The van der Waals surface area contributed by atoms with Gasteiger partial charge in [-0.05, 0) is 44.4 Å². The minimum Gasteiger partial charge on any atom is -0.491 e. The number of aromatic nitrogens is 5. The number of likely N-dealkylation sites (N-methyl/N-ethyl adjacent to an activating group) is 1. The summed E-state index contributed by atoms with van der Waals surface area (Å²) < 4.78 is 5.76. The van der Waals surface area contributed by atoms with Gasteiger partial charge >= 0.3 is 0 Å². The SMILES string of the molecule is CN(C)CCOc1ccc(-c2nccc3cnc(Nc4ccc(N5CCNCC5)nc4)nc23)nc1. The minimum absolute atomic E-state index is 0.479. The first kappa shape index (κ1) is 22.9. The lowest BCUT2D eigenvalue weighted by molar-refractivity contribution is 0.260. The second-order valence-corrected chi connectivity index (χ2v) is 8.59. The molecule has 0 bridgehead atoms. The van der Waals surface area contributed by atoms with E-state index in [1.54, 1.807) is 18.6 Å². The quantitative estimate of drug-likeness (QED) is 0.398. The maximum Gasteiger partial charge on any atom is 0.227 e. The molecule has 0 unspecified atom stereocenters. The Labute approximate surface area is 204 Å². The van der Waals surface area contributed by atoms with E-state index in [1.807, 2.05) is 50.6 Å². The van der Waals surface area contributed by atoms with E-state index in [9.17, 15) is 0 Å². The molecule has 0 amide bonds. The first-order valence-corrected chi connectivity index (χ1v) is 11.7. The van der Waals surface area contributed by atoms with Gasteiger partial charge in [-0.3, -0.25) is 9.97 Å². The maximum atomic E-state index is 5.76. The van der Waals surface area contributed by atoms with Crippen molar-refractivity contribution in [2.45, 2.75) is 0 Å². The molecule has 0 aromatic carbocycles. The molecule has 5 rings (SSSR count). The number of ether oxygens (including phenoxy) is 1. The fourth-order valence-electron chi connectivity index (χ4n) is 3.83. The highest BCUT2D eigenvalue weighted by molar-refractivity contribution is 5.90. The molecule has 0 saturated carbocycles. The Bertz CT molecular complexity index is 1260. The van der Waals surface area contributed by atoms with E-state index >= 15 is 0 Å². The van der Waals surface area contributed by atoms with Crippen LogP contribution in [0.15, 0.2) is 55.1 Å². The van der Waals surface area contributed by atoms with E-state index in [4.69, 9.17) is 9.72 Å². The highest BCUT2D eigenvalue weighted by Crippen LogP contribution is 2.26. The van der Waals surface area contributed by atoms with Gasteiger partial charge in [0.15, 0.2) is 0 Å². The van der Waals surface area contributed by atoms with Crippen molar-refractivity contribution in [3.05, 3.63) is 55.1 Å². The molecule has 10 heteroatoms. The molecule has 0 aliphatic carbocycles. The van der Waals surface area contributed by atoms with Crippen LogP contribution in [0.1, 0.15) is 0 Å². The number of anilines is 3. The Balaban J connectivity index is 1.33. The number of pyridine rings is 3. The van der Waals surface area contributed by atoms with Crippen molar-refractivity contribution < 1.29 is 4.74 Å². The Kier molecular flexibility index (Phi) is 6.92. The zero-order valence-electron chi connectivity index (χ0n) is 20.0. The number of nitrogens with one attached hydrogen (secondary N) is 2. The highest BCUT2D eigenvalue weighted by Gasteiger charge is 2.13. The third-order valence-electron chi connectivity index (χ3n) is 5.73. The smallest absolute Gasteiger partial charge is 0.227 e. The molecule has 2 N–H and O–H groups in total. The molecule has 1 saturated heterocycles. The van der Waals surface area contributed by atoms with Crippen molar-refractivity contribution in [1.29, 1.82) is 0 Å². The Morgan fingerprint density at radius 3 is 2.60 bits per heavy atom. The average molecular weight is 472 g/mol. The van der Waals surface area contributed by atoms with Crippen LogP contribution in [-0.4, -0.2) is 83.2 Å². The van der Waals surface area contributed by atoms with Gasteiger partial charge in [0.1, 0.15) is 29.4 Å². The highest BCUT2D eigenvalue weighted by atomic mass is 16.5. The average Bonchev–Trinajstić information content (AvgIpc) is 2.89. The summed E-state index contributed by atoms with van der Waals surface area (Å²) in [5.74, 6) is 2.18. The molecule has 35 heavy (non-hydrogen) atoms. The zero-order valence-corrected chi connectivity index (χ0v) is 20.0. The monoisotopic (exact) mass is 471 g/mol. The van der Waals surface area contributed by atoms with Crippen LogP contribution in [-0.2, 0) is 0 Å². The molecular formula is C25H29N9O. The molecule has 4 aromatic rings. The van der Waals surface area contributed by atoms with Crippen LogP contribution < -0.4 is 20.3 Å². The lowest BCUT2D eigenvalue weighted by Gasteiger charge is -2.28. The van der Waals surface area contributed by atoms with Crippen molar-refractivity contribution in [3.8, 4) is 17.1 Å². The van der Waals surface area contributed by atoms with E-state index in [1.165, 1.54) is 0 Å². The van der Waals surface area contributed by atoms with E-state index in [0.717, 1.165) is 66.6 Å². The summed E-state index contributed by atoms with van der Waals surface area (Å²) in [5.41, 5.74) is 2.97. The fraction of sp³-hybridized carbons (Fsp3) is 0.320. The molecular weight excluding hydrogens is 442 g/mol. The molecule has 1 fully saturated rings. The number of piperazine rings is 1. The molecule has 10 nitrogen and oxygen atoms in total. The predicted molar refractivity (Wildman–Crippen MR) is 137 cm³/mol. The van der Waals surface area contributed by atoms with E-state index in [-0.39, 0.29) is 0 Å². The third kappa shape index (κ3) is 5.61. The second kappa shape index (κ2) is 10.6. The number of rotatable bonds is 8. The van der Waals surface area contributed by atoms with Crippen molar-refractivity contribution in [2.75, 3.05) is 63.6 Å². The molecule has 1 aliphatic rings. The van der Waals surface area contributed by atoms with Gasteiger partial charge in [-0.2, -0.15) is 0 Å². The largest absolute Gasteiger partial charge is 0.491 e. The predicted octanol–water partition coefficient (Wildman–Crippen LogP) is 2.58. The van der Waals surface area contributed by atoms with Crippen molar-refractivity contribution >= 4 is 28.4 Å². The van der Waals surface area contributed by atoms with E-state index in [0.29, 0.717) is 18.2 Å². The normalized spacial score (nSPS) is 13.9. The summed E-state index contributed by atoms with van der Waals surface area (Å²) in [6, 6.07) is 9.73. The van der Waals surface area contributed by atoms with Gasteiger partial charge in [-0.1, -0.05) is 0 Å². The Hall–Kier alpha value is -3.89. The van der Waals surface area contributed by atoms with Crippen molar-refractivity contribution in [1.82, 2.24) is 35.1 Å². The van der Waals surface area contributed by atoms with Crippen LogP contribution in [0.3, 0.4) is 0 Å². The van der Waals surface area contributed by atoms with E-state index in [2.05, 4.69) is 40.4 Å². The molecule has 0 spiro atoms. The van der Waals surface area contributed by atoms with Gasteiger partial charge in [-0.25, -0.2) is 15.0 Å². The first-order chi connectivity index (χ1) is 17.2. The van der Waals surface area contributed by atoms with Crippen LogP contribution in [0.2, 0.25) is 0 Å². The molecule has 180 valence electrons. The van der Waals surface area contributed by atoms with Gasteiger partial charge in [0.05, 0.1) is 23.8 Å². The van der Waals surface area contributed by atoms with Crippen molar-refractivity contribution in [3.63, 3.8) is 0 Å². The Morgan fingerprint density at radius 2 is 1.86 bits per heavy atom. The number of fused-ring (bicyclic) bond motifs is 1. The van der Waals surface area contributed by atoms with Crippen LogP contribution >= 0.6 is 0 Å². The summed E-state index contributed by atoms with van der Waals surface area (Å²) in [4.78, 5) is 27.3. The standard InChI is InChI=1S/C25H29N9O/c1-33(2)13-14-35-20-4-5-21(28-17-20)24-23-18(7-8-27-24)15-30-25(32-23)31-19-3-6-22(29-16-19)34-11-9-26-10-12-34/h3-8,15-17,26H,9-14H2,1-2H3,(H,30,31,32). The van der Waals surface area contributed by atoms with Crippen LogP contribution in [0.5, 0.6) is 5.75 Å². The maximum absolute atomic E-state index is 5.76. The van der Waals surface area contributed by atoms with Gasteiger partial charge < -0.3 is 25.2 Å². The van der Waals surface area contributed by atoms with E-state index < -0.39 is 0 Å². The lowest BCUT2D eigenvalue weighted by Crippen LogP contribution is -2.43. The summed E-state index contributed by atoms with van der Waals surface area (Å²) in [7, 11) is 4.03. The minimum atomic E-state index is 0.479. The number of hydrogen-bond donors (Lipinski definition) is 2. The Morgan fingerprint density at radius 1 is 0.971 bits per heavy atom. The second-order valence-electron chi connectivity index (χ2n) is 8.59. The molecule has 4 aromatic heterocycles.